The molecular formula is C12H13N3O4. The average molecular weight is 263 g/mol. The molecule has 7 nitrogen and oxygen atoms in total. The van der Waals surface area contributed by atoms with Crippen LogP contribution in [0.25, 0.3) is 0 Å². The summed E-state index contributed by atoms with van der Waals surface area (Å²) < 4.78 is 0. The number of rotatable bonds is 6. The molecule has 7 heteroatoms. The molecule has 0 heterocycles. The first-order valence-corrected chi connectivity index (χ1v) is 5.84. The van der Waals surface area contributed by atoms with Crippen LogP contribution >= 0.6 is 0 Å². The minimum absolute atomic E-state index is 0.0181. The summed E-state index contributed by atoms with van der Waals surface area (Å²) in [5, 5.41) is 16.9. The predicted octanol–water partition coefficient (Wildman–Crippen LogP) is 1.22. The predicted molar refractivity (Wildman–Crippen MR) is 67.8 cm³/mol. The van der Waals surface area contributed by atoms with Gasteiger partial charge in [0.25, 0.3) is 11.6 Å². The van der Waals surface area contributed by atoms with Gasteiger partial charge in [0.1, 0.15) is 0 Å². The molecule has 0 saturated heterocycles. The summed E-state index contributed by atoms with van der Waals surface area (Å²) in [6.07, 6.45) is 3.36. The maximum Gasteiger partial charge on any atom is 0.270 e. The van der Waals surface area contributed by atoms with Crippen molar-refractivity contribution >= 4 is 17.8 Å². The summed E-state index contributed by atoms with van der Waals surface area (Å²) in [6.45, 7) is -0.151. The van der Waals surface area contributed by atoms with E-state index >= 15 is 0 Å². The van der Waals surface area contributed by atoms with Gasteiger partial charge in [0.05, 0.1) is 11.1 Å². The van der Waals surface area contributed by atoms with Crippen molar-refractivity contribution in [3.63, 3.8) is 0 Å². The smallest absolute Gasteiger partial charge is 0.270 e. The van der Waals surface area contributed by atoms with Crippen LogP contribution in [-0.4, -0.2) is 29.7 Å². The molecule has 0 atom stereocenters. The highest BCUT2D eigenvalue weighted by molar-refractivity contribution is 5.80. The molecule has 0 bridgehead atoms. The SMILES string of the molecule is O=C(CO/N=C\c1cccc([N+](=O)[O-])c1)NC1CC1. The van der Waals surface area contributed by atoms with Crippen molar-refractivity contribution in [3.05, 3.63) is 39.9 Å². The van der Waals surface area contributed by atoms with E-state index in [0.29, 0.717) is 5.56 Å². The highest BCUT2D eigenvalue weighted by Crippen LogP contribution is 2.18. The third-order valence-corrected chi connectivity index (χ3v) is 2.50. The number of carbonyl (C=O) groups is 1. The number of nitrogens with one attached hydrogen (secondary N) is 1. The molecule has 0 aliphatic heterocycles. The molecule has 1 aliphatic rings. The minimum atomic E-state index is -0.485. The highest BCUT2D eigenvalue weighted by atomic mass is 16.6. The quantitative estimate of drug-likeness (QED) is 0.474. The van der Waals surface area contributed by atoms with Gasteiger partial charge in [0.2, 0.25) is 0 Å². The van der Waals surface area contributed by atoms with Gasteiger partial charge in [-0.05, 0) is 12.8 Å². The summed E-state index contributed by atoms with van der Waals surface area (Å²) in [5.41, 5.74) is 0.521. The number of carbonyl (C=O) groups excluding carboxylic acids is 1. The number of benzene rings is 1. The maximum absolute atomic E-state index is 11.2. The summed E-state index contributed by atoms with van der Waals surface area (Å²) in [5.74, 6) is -0.210. The molecule has 1 fully saturated rings. The number of non-ortho nitro benzene ring substituents is 1. The molecule has 1 aromatic rings. The van der Waals surface area contributed by atoms with Crippen LogP contribution < -0.4 is 5.32 Å². The number of nitro benzene ring substituents is 1. The van der Waals surface area contributed by atoms with Gasteiger partial charge in [0, 0.05) is 23.7 Å². The van der Waals surface area contributed by atoms with Gasteiger partial charge >= 0.3 is 0 Å². The highest BCUT2D eigenvalue weighted by Gasteiger charge is 2.23. The van der Waals surface area contributed by atoms with Crippen LogP contribution in [0.5, 0.6) is 0 Å². The van der Waals surface area contributed by atoms with Crippen molar-refractivity contribution < 1.29 is 14.6 Å². The second-order valence-electron chi connectivity index (χ2n) is 4.20. The monoisotopic (exact) mass is 263 g/mol. The molecule has 0 unspecified atom stereocenters. The Morgan fingerprint density at radius 1 is 1.58 bits per heavy atom. The Balaban J connectivity index is 1.79. The Bertz CT molecular complexity index is 511. The number of hydrogen-bond donors (Lipinski definition) is 1. The van der Waals surface area contributed by atoms with Gasteiger partial charge in [-0.15, -0.1) is 0 Å². The first kappa shape index (κ1) is 13.0. The molecule has 1 aliphatic carbocycles. The molecule has 1 aromatic carbocycles. The first-order chi connectivity index (χ1) is 9.15. The van der Waals surface area contributed by atoms with Crippen molar-refractivity contribution in [1.29, 1.82) is 0 Å². The van der Waals surface area contributed by atoms with E-state index in [1.165, 1.54) is 18.3 Å². The van der Waals surface area contributed by atoms with E-state index < -0.39 is 4.92 Å². The zero-order valence-corrected chi connectivity index (χ0v) is 10.1. The summed E-state index contributed by atoms with van der Waals surface area (Å²) in [7, 11) is 0. The fraction of sp³-hybridized carbons (Fsp3) is 0.333. The average Bonchev–Trinajstić information content (AvgIpc) is 3.19. The van der Waals surface area contributed by atoms with E-state index in [1.54, 1.807) is 12.1 Å². The van der Waals surface area contributed by atoms with Crippen molar-refractivity contribution in [2.45, 2.75) is 18.9 Å². The maximum atomic E-state index is 11.2. The second-order valence-corrected chi connectivity index (χ2v) is 4.20. The number of oxime groups is 1. The lowest BCUT2D eigenvalue weighted by molar-refractivity contribution is -0.384. The Morgan fingerprint density at radius 2 is 2.37 bits per heavy atom. The van der Waals surface area contributed by atoms with E-state index in [0.717, 1.165) is 12.8 Å². The van der Waals surface area contributed by atoms with E-state index in [9.17, 15) is 14.9 Å². The largest absolute Gasteiger partial charge is 0.386 e. The fourth-order valence-corrected chi connectivity index (χ4v) is 1.41. The number of nitro groups is 1. The second kappa shape index (κ2) is 5.94. The van der Waals surface area contributed by atoms with Gasteiger partial charge in [-0.25, -0.2) is 0 Å². The van der Waals surface area contributed by atoms with Crippen LogP contribution in [0.3, 0.4) is 0 Å². The van der Waals surface area contributed by atoms with E-state index in [-0.39, 0.29) is 24.2 Å². The van der Waals surface area contributed by atoms with Crippen LogP contribution in [0, 0.1) is 10.1 Å². The van der Waals surface area contributed by atoms with Gasteiger partial charge < -0.3 is 10.2 Å². The third-order valence-electron chi connectivity index (χ3n) is 2.50. The third kappa shape index (κ3) is 4.38. The molecular weight excluding hydrogens is 250 g/mol. The molecule has 1 N–H and O–H groups in total. The van der Waals surface area contributed by atoms with Crippen LogP contribution in [0.1, 0.15) is 18.4 Å². The zero-order chi connectivity index (χ0) is 13.7. The standard InChI is InChI=1S/C12H13N3O4/c16-12(14-10-4-5-10)8-19-13-7-9-2-1-3-11(6-9)15(17)18/h1-3,6-7,10H,4-5,8H2,(H,14,16)/b13-7-. The molecule has 1 saturated carbocycles. The first-order valence-electron chi connectivity index (χ1n) is 5.84. The number of nitrogens with zero attached hydrogens (tertiary/aromatic N) is 2. The van der Waals surface area contributed by atoms with Crippen molar-refractivity contribution in [2.24, 2.45) is 5.16 Å². The molecule has 0 spiro atoms. The van der Waals surface area contributed by atoms with Crippen LogP contribution in [-0.2, 0) is 9.63 Å². The molecule has 19 heavy (non-hydrogen) atoms. The summed E-state index contributed by atoms with van der Waals surface area (Å²) in [4.78, 5) is 26.1. The van der Waals surface area contributed by atoms with Crippen molar-refractivity contribution in [2.75, 3.05) is 6.61 Å². The zero-order valence-electron chi connectivity index (χ0n) is 10.1. The van der Waals surface area contributed by atoms with Crippen molar-refractivity contribution in [1.82, 2.24) is 5.32 Å². The molecule has 0 radical (unpaired) electrons. The molecule has 1 amide bonds. The molecule has 0 aromatic heterocycles. The lowest BCUT2D eigenvalue weighted by Crippen LogP contribution is -2.28. The molecule has 2 rings (SSSR count). The lowest BCUT2D eigenvalue weighted by Gasteiger charge is -2.00. The van der Waals surface area contributed by atoms with Gasteiger partial charge in [-0.1, -0.05) is 17.3 Å². The Hall–Kier alpha value is -2.44. The van der Waals surface area contributed by atoms with Gasteiger partial charge in [-0.2, -0.15) is 0 Å². The normalized spacial score (nSPS) is 14.3. The van der Waals surface area contributed by atoms with E-state index in [2.05, 4.69) is 10.5 Å². The Morgan fingerprint density at radius 3 is 3.05 bits per heavy atom. The van der Waals surface area contributed by atoms with Gasteiger partial charge in [0.15, 0.2) is 6.61 Å². The van der Waals surface area contributed by atoms with Gasteiger partial charge in [-0.3, -0.25) is 14.9 Å². The summed E-state index contributed by atoms with van der Waals surface area (Å²) >= 11 is 0. The van der Waals surface area contributed by atoms with Crippen LogP contribution in [0.4, 0.5) is 5.69 Å². The summed E-state index contributed by atoms with van der Waals surface area (Å²) in [6, 6.07) is 6.26. The molecule has 100 valence electrons. The number of amides is 1. The van der Waals surface area contributed by atoms with E-state index in [4.69, 9.17) is 4.84 Å². The lowest BCUT2D eigenvalue weighted by atomic mass is 10.2. The Labute approximate surface area is 109 Å². The van der Waals surface area contributed by atoms with Crippen molar-refractivity contribution in [3.8, 4) is 0 Å². The number of hydrogen-bond acceptors (Lipinski definition) is 5. The fourth-order valence-electron chi connectivity index (χ4n) is 1.41. The van der Waals surface area contributed by atoms with Crippen LogP contribution in [0.15, 0.2) is 29.4 Å². The minimum Gasteiger partial charge on any atom is -0.386 e. The van der Waals surface area contributed by atoms with E-state index in [1.807, 2.05) is 0 Å². The Kier molecular flexibility index (Phi) is 4.07. The topological polar surface area (TPSA) is 93.8 Å². The van der Waals surface area contributed by atoms with Crippen LogP contribution in [0.2, 0.25) is 0 Å².